The average molecular weight is 269 g/mol. The summed E-state index contributed by atoms with van der Waals surface area (Å²) in [6, 6.07) is 5.16. The number of alkyl halides is 3. The monoisotopic (exact) mass is 269 g/mol. The van der Waals surface area contributed by atoms with Crippen molar-refractivity contribution in [3.05, 3.63) is 35.4 Å². The number of nitrogens with one attached hydrogen (secondary N) is 1. The van der Waals surface area contributed by atoms with Crippen LogP contribution in [-0.2, 0) is 4.79 Å². The van der Waals surface area contributed by atoms with Gasteiger partial charge in [-0.1, -0.05) is 12.1 Å². The number of carbonyl (C=O) groups is 1. The summed E-state index contributed by atoms with van der Waals surface area (Å²) in [5, 5.41) is 9.60. The van der Waals surface area contributed by atoms with Crippen molar-refractivity contribution in [2.24, 2.45) is 0 Å². The molecule has 1 amide bonds. The van der Waals surface area contributed by atoms with Gasteiger partial charge in [-0.05, 0) is 17.7 Å². The first kappa shape index (κ1) is 13.4. The average Bonchev–Trinajstić information content (AvgIpc) is 2.74. The minimum absolute atomic E-state index is 0.0141. The second-order valence-electron chi connectivity index (χ2n) is 4.16. The molecule has 1 N–H and O–H groups in total. The molecule has 0 radical (unpaired) electrons. The molecule has 7 heteroatoms. The Morgan fingerprint density at radius 3 is 2.68 bits per heavy atom. The summed E-state index contributed by atoms with van der Waals surface area (Å²) in [7, 11) is 0. The molecule has 1 saturated heterocycles. The molecular formula is C12H10F3N3O. The van der Waals surface area contributed by atoms with Crippen molar-refractivity contribution in [2.75, 3.05) is 6.54 Å². The van der Waals surface area contributed by atoms with E-state index in [0.29, 0.717) is 0 Å². The van der Waals surface area contributed by atoms with Crippen molar-refractivity contribution in [3.63, 3.8) is 0 Å². The van der Waals surface area contributed by atoms with Gasteiger partial charge in [0.05, 0.1) is 11.6 Å². The zero-order valence-corrected chi connectivity index (χ0v) is 9.74. The quantitative estimate of drug-likeness (QED) is 0.892. The van der Waals surface area contributed by atoms with Crippen LogP contribution < -0.4 is 5.43 Å². The van der Waals surface area contributed by atoms with Crippen LogP contribution in [0.3, 0.4) is 0 Å². The molecule has 0 aromatic heterocycles. The highest BCUT2D eigenvalue weighted by Gasteiger charge is 2.46. The Kier molecular flexibility index (Phi) is 3.44. The number of amides is 1. The highest BCUT2D eigenvalue weighted by Crippen LogP contribution is 2.37. The Morgan fingerprint density at radius 2 is 2.16 bits per heavy atom. The van der Waals surface area contributed by atoms with Gasteiger partial charge in [-0.2, -0.15) is 18.4 Å². The first-order valence-corrected chi connectivity index (χ1v) is 5.54. The molecule has 0 bridgehead atoms. The highest BCUT2D eigenvalue weighted by atomic mass is 19.4. The summed E-state index contributed by atoms with van der Waals surface area (Å²) in [4.78, 5) is 11.1. The molecule has 1 aromatic rings. The smallest absolute Gasteiger partial charge is 0.288 e. The van der Waals surface area contributed by atoms with Gasteiger partial charge in [0.1, 0.15) is 6.04 Å². The predicted octanol–water partition coefficient (Wildman–Crippen LogP) is 1.90. The minimum atomic E-state index is -4.54. The highest BCUT2D eigenvalue weighted by molar-refractivity contribution is 5.77. The van der Waals surface area contributed by atoms with Gasteiger partial charge in [0.15, 0.2) is 0 Å². The van der Waals surface area contributed by atoms with Gasteiger partial charge < -0.3 is 0 Å². The van der Waals surface area contributed by atoms with Crippen molar-refractivity contribution in [1.82, 2.24) is 10.4 Å². The van der Waals surface area contributed by atoms with Crippen molar-refractivity contribution < 1.29 is 18.0 Å². The molecule has 1 aliphatic heterocycles. The normalized spacial score (nSPS) is 17.9. The standard InChI is InChI=1S/C12H10F3N3O/c13-12(14,15)11(18-5-4-10(19)17-18)9-3-1-2-8(6-9)7-16/h1-3,6,11H,4-5H2,(H,17,19)/t11-/m0/s1. The number of hydrogen-bond acceptors (Lipinski definition) is 3. The Hall–Kier alpha value is -2.07. The van der Waals surface area contributed by atoms with E-state index in [0.717, 1.165) is 5.01 Å². The lowest BCUT2D eigenvalue weighted by Gasteiger charge is -2.29. The van der Waals surface area contributed by atoms with E-state index < -0.39 is 18.1 Å². The molecule has 1 heterocycles. The largest absolute Gasteiger partial charge is 0.409 e. The van der Waals surface area contributed by atoms with Gasteiger partial charge in [-0.25, -0.2) is 5.01 Å². The Balaban J connectivity index is 2.38. The van der Waals surface area contributed by atoms with Gasteiger partial charge in [0, 0.05) is 13.0 Å². The molecule has 2 rings (SSSR count). The maximum atomic E-state index is 13.1. The fourth-order valence-corrected chi connectivity index (χ4v) is 2.01. The van der Waals surface area contributed by atoms with Crippen molar-refractivity contribution in [3.8, 4) is 6.07 Å². The second-order valence-corrected chi connectivity index (χ2v) is 4.16. The van der Waals surface area contributed by atoms with Gasteiger partial charge >= 0.3 is 6.18 Å². The number of benzene rings is 1. The van der Waals surface area contributed by atoms with E-state index >= 15 is 0 Å². The van der Waals surface area contributed by atoms with Crippen LogP contribution in [-0.4, -0.2) is 23.6 Å². The molecule has 1 fully saturated rings. The summed E-state index contributed by atoms with van der Waals surface area (Å²) in [6.45, 7) is -0.0141. The first-order valence-electron chi connectivity index (χ1n) is 5.54. The van der Waals surface area contributed by atoms with E-state index in [1.807, 2.05) is 0 Å². The van der Waals surface area contributed by atoms with Crippen LogP contribution in [0.1, 0.15) is 23.6 Å². The molecule has 100 valence electrons. The third-order valence-electron chi connectivity index (χ3n) is 2.80. The van der Waals surface area contributed by atoms with E-state index in [4.69, 9.17) is 5.26 Å². The molecule has 4 nitrogen and oxygen atoms in total. The van der Waals surface area contributed by atoms with E-state index in [9.17, 15) is 18.0 Å². The zero-order chi connectivity index (χ0) is 14.0. The number of halogens is 3. The van der Waals surface area contributed by atoms with Gasteiger partial charge in [0.25, 0.3) is 0 Å². The molecule has 0 spiro atoms. The van der Waals surface area contributed by atoms with Crippen LogP contribution in [0.25, 0.3) is 0 Å². The lowest BCUT2D eigenvalue weighted by molar-refractivity contribution is -0.191. The maximum Gasteiger partial charge on any atom is 0.409 e. The minimum Gasteiger partial charge on any atom is -0.288 e. The Morgan fingerprint density at radius 1 is 1.42 bits per heavy atom. The molecule has 0 aliphatic carbocycles. The Bertz CT molecular complexity index is 536. The van der Waals surface area contributed by atoms with Crippen LogP contribution in [0.4, 0.5) is 13.2 Å². The third kappa shape index (κ3) is 2.85. The van der Waals surface area contributed by atoms with Crippen LogP contribution in [0.15, 0.2) is 24.3 Å². The van der Waals surface area contributed by atoms with E-state index in [2.05, 4.69) is 5.43 Å². The third-order valence-corrected chi connectivity index (χ3v) is 2.80. The van der Waals surface area contributed by atoms with Crippen molar-refractivity contribution in [2.45, 2.75) is 18.6 Å². The SMILES string of the molecule is N#Cc1cccc([C@H](N2CCC(=O)N2)C(F)(F)F)c1. The number of carbonyl (C=O) groups excluding carboxylic acids is 1. The molecular weight excluding hydrogens is 259 g/mol. The Labute approximate surface area is 107 Å². The fraction of sp³-hybridized carbons (Fsp3) is 0.333. The number of hydrazine groups is 1. The molecule has 1 aromatic carbocycles. The van der Waals surface area contributed by atoms with E-state index in [1.165, 1.54) is 24.3 Å². The van der Waals surface area contributed by atoms with Crippen molar-refractivity contribution in [1.29, 1.82) is 5.26 Å². The lowest BCUT2D eigenvalue weighted by Crippen LogP contribution is -2.43. The number of rotatable bonds is 2. The van der Waals surface area contributed by atoms with Crippen molar-refractivity contribution >= 4 is 5.91 Å². The van der Waals surface area contributed by atoms with E-state index in [1.54, 1.807) is 6.07 Å². The molecule has 0 unspecified atom stereocenters. The zero-order valence-electron chi connectivity index (χ0n) is 9.74. The second kappa shape index (κ2) is 4.90. The van der Waals surface area contributed by atoms with Gasteiger partial charge in [0.2, 0.25) is 5.91 Å². The lowest BCUT2D eigenvalue weighted by atomic mass is 10.0. The summed E-state index contributed by atoms with van der Waals surface area (Å²) < 4.78 is 39.4. The molecule has 0 saturated carbocycles. The first-order chi connectivity index (χ1) is 8.91. The van der Waals surface area contributed by atoms with Gasteiger partial charge in [-0.15, -0.1) is 0 Å². The number of hydrogen-bond donors (Lipinski definition) is 1. The number of nitrogens with zero attached hydrogens (tertiary/aromatic N) is 2. The topological polar surface area (TPSA) is 56.1 Å². The molecule has 1 aliphatic rings. The van der Waals surface area contributed by atoms with Crippen LogP contribution in [0.5, 0.6) is 0 Å². The van der Waals surface area contributed by atoms with Crippen LogP contribution >= 0.6 is 0 Å². The van der Waals surface area contributed by atoms with Crippen LogP contribution in [0, 0.1) is 11.3 Å². The molecule has 1 atom stereocenters. The van der Waals surface area contributed by atoms with E-state index in [-0.39, 0.29) is 24.1 Å². The van der Waals surface area contributed by atoms with Gasteiger partial charge in [-0.3, -0.25) is 10.2 Å². The number of nitriles is 1. The summed E-state index contributed by atoms with van der Waals surface area (Å²) in [5.74, 6) is -0.439. The summed E-state index contributed by atoms with van der Waals surface area (Å²) >= 11 is 0. The maximum absolute atomic E-state index is 13.1. The van der Waals surface area contributed by atoms with Crippen LogP contribution in [0.2, 0.25) is 0 Å². The summed E-state index contributed by atoms with van der Waals surface area (Å²) in [6.07, 6.45) is -4.50. The fourth-order valence-electron chi connectivity index (χ4n) is 2.01. The summed E-state index contributed by atoms with van der Waals surface area (Å²) in [5.41, 5.74) is 2.28. The molecule has 19 heavy (non-hydrogen) atoms. The predicted molar refractivity (Wildman–Crippen MR) is 59.4 cm³/mol.